The molecule has 2 heterocycles. The van der Waals surface area contributed by atoms with Crippen molar-refractivity contribution in [3.8, 4) is 0 Å². The summed E-state index contributed by atoms with van der Waals surface area (Å²) in [5, 5.41) is 3.39. The van der Waals surface area contributed by atoms with Gasteiger partial charge >= 0.3 is 0 Å². The van der Waals surface area contributed by atoms with Crippen LogP contribution < -0.4 is 0 Å². The summed E-state index contributed by atoms with van der Waals surface area (Å²) in [5.74, 6) is 0.605. The second-order valence-corrected chi connectivity index (χ2v) is 5.70. The molecule has 84 valence electrons. The zero-order valence-electron chi connectivity index (χ0n) is 9.75. The van der Waals surface area contributed by atoms with E-state index in [2.05, 4.69) is 31.1 Å². The fraction of sp³-hybridized carbons (Fsp3) is 0.750. The van der Waals surface area contributed by atoms with E-state index >= 15 is 0 Å². The molecule has 1 aromatic rings. The Kier molecular flexibility index (Phi) is 3.12. The average molecular weight is 225 g/mol. The van der Waals surface area contributed by atoms with Crippen LogP contribution in [0.5, 0.6) is 0 Å². The number of thiazole rings is 1. The lowest BCUT2D eigenvalue weighted by atomic mass is 9.84. The van der Waals surface area contributed by atoms with Crippen LogP contribution in [0.3, 0.4) is 0 Å². The second kappa shape index (κ2) is 4.22. The van der Waals surface area contributed by atoms with Gasteiger partial charge in [-0.3, -0.25) is 0 Å². The van der Waals surface area contributed by atoms with E-state index in [1.807, 2.05) is 0 Å². The van der Waals surface area contributed by atoms with Crippen LogP contribution in [-0.2, 0) is 4.74 Å². The van der Waals surface area contributed by atoms with Crippen LogP contribution >= 0.6 is 11.3 Å². The predicted octanol–water partition coefficient (Wildman–Crippen LogP) is 3.51. The van der Waals surface area contributed by atoms with Gasteiger partial charge in [0.15, 0.2) is 0 Å². The molecular formula is C12H19NOS. The summed E-state index contributed by atoms with van der Waals surface area (Å²) in [5.41, 5.74) is 1.35. The molecule has 1 saturated heterocycles. The Morgan fingerprint density at radius 2 is 2.47 bits per heavy atom. The van der Waals surface area contributed by atoms with E-state index in [1.165, 1.54) is 10.7 Å². The first kappa shape index (κ1) is 11.1. The van der Waals surface area contributed by atoms with Crippen LogP contribution in [-0.4, -0.2) is 17.2 Å². The van der Waals surface area contributed by atoms with E-state index in [1.54, 1.807) is 11.3 Å². The summed E-state index contributed by atoms with van der Waals surface area (Å²) in [6, 6.07) is 0. The Morgan fingerprint density at radius 1 is 1.67 bits per heavy atom. The van der Waals surface area contributed by atoms with Crippen LogP contribution in [0, 0.1) is 6.92 Å². The van der Waals surface area contributed by atoms with Crippen LogP contribution in [0.25, 0.3) is 0 Å². The normalized spacial score (nSPS) is 31.8. The third-order valence-electron chi connectivity index (χ3n) is 3.40. The quantitative estimate of drug-likeness (QED) is 0.768. The highest BCUT2D eigenvalue weighted by atomic mass is 32.1. The average Bonchev–Trinajstić information content (AvgIpc) is 2.65. The van der Waals surface area contributed by atoms with Crippen molar-refractivity contribution in [2.45, 2.75) is 51.6 Å². The zero-order chi connectivity index (χ0) is 10.9. The Hall–Kier alpha value is -0.410. The van der Waals surface area contributed by atoms with Crippen LogP contribution in [0.2, 0.25) is 0 Å². The van der Waals surface area contributed by atoms with Gasteiger partial charge in [0.25, 0.3) is 0 Å². The van der Waals surface area contributed by atoms with E-state index in [9.17, 15) is 0 Å². The summed E-state index contributed by atoms with van der Waals surface area (Å²) >= 11 is 1.75. The first-order valence-corrected chi connectivity index (χ1v) is 6.57. The number of hydrogen-bond acceptors (Lipinski definition) is 3. The molecule has 2 rings (SSSR count). The van der Waals surface area contributed by atoms with Crippen LogP contribution in [0.4, 0.5) is 0 Å². The molecule has 1 aliphatic rings. The molecule has 2 atom stereocenters. The SMILES string of the molecule is CC[C@@]1(C)C[C@@H](c2csc(C)n2)CCO1. The van der Waals surface area contributed by atoms with Gasteiger partial charge in [0.2, 0.25) is 0 Å². The van der Waals surface area contributed by atoms with Gasteiger partial charge in [0.1, 0.15) is 0 Å². The second-order valence-electron chi connectivity index (χ2n) is 4.63. The van der Waals surface area contributed by atoms with E-state index in [4.69, 9.17) is 4.74 Å². The van der Waals surface area contributed by atoms with Gasteiger partial charge in [-0.05, 0) is 33.1 Å². The van der Waals surface area contributed by atoms with E-state index in [0.29, 0.717) is 5.92 Å². The number of nitrogens with zero attached hydrogens (tertiary/aromatic N) is 1. The maximum absolute atomic E-state index is 5.85. The Balaban J connectivity index is 2.11. The van der Waals surface area contributed by atoms with E-state index in [-0.39, 0.29) is 5.60 Å². The molecule has 0 unspecified atom stereocenters. The molecule has 1 aromatic heterocycles. The molecule has 2 nitrogen and oxygen atoms in total. The highest BCUT2D eigenvalue weighted by Crippen LogP contribution is 2.37. The molecule has 0 radical (unpaired) electrons. The van der Waals surface area contributed by atoms with Gasteiger partial charge in [-0.2, -0.15) is 0 Å². The van der Waals surface area contributed by atoms with Crippen molar-refractivity contribution in [2.24, 2.45) is 0 Å². The highest BCUT2D eigenvalue weighted by molar-refractivity contribution is 7.09. The van der Waals surface area contributed by atoms with Crippen molar-refractivity contribution in [1.82, 2.24) is 4.98 Å². The van der Waals surface area contributed by atoms with Gasteiger partial charge < -0.3 is 4.74 Å². The summed E-state index contributed by atoms with van der Waals surface area (Å²) < 4.78 is 5.85. The largest absolute Gasteiger partial charge is 0.375 e. The highest BCUT2D eigenvalue weighted by Gasteiger charge is 2.33. The molecule has 0 bridgehead atoms. The molecule has 0 spiro atoms. The first-order valence-electron chi connectivity index (χ1n) is 5.69. The molecule has 1 fully saturated rings. The van der Waals surface area contributed by atoms with Crippen molar-refractivity contribution < 1.29 is 4.74 Å². The summed E-state index contributed by atoms with van der Waals surface area (Å²) in [6.45, 7) is 7.38. The maximum atomic E-state index is 5.85. The minimum Gasteiger partial charge on any atom is -0.375 e. The molecule has 0 saturated carbocycles. The summed E-state index contributed by atoms with van der Waals surface area (Å²) in [6.07, 6.45) is 3.33. The number of hydrogen-bond donors (Lipinski definition) is 0. The summed E-state index contributed by atoms with van der Waals surface area (Å²) in [7, 11) is 0. The number of aromatic nitrogens is 1. The fourth-order valence-electron chi connectivity index (χ4n) is 2.20. The number of rotatable bonds is 2. The summed E-state index contributed by atoms with van der Waals surface area (Å²) in [4.78, 5) is 4.60. The van der Waals surface area contributed by atoms with Gasteiger partial charge in [0.05, 0.1) is 16.3 Å². The minimum atomic E-state index is 0.0699. The van der Waals surface area contributed by atoms with Gasteiger partial charge in [-0.1, -0.05) is 6.92 Å². The number of ether oxygens (including phenoxy) is 1. The maximum Gasteiger partial charge on any atom is 0.0897 e. The third kappa shape index (κ3) is 2.40. The third-order valence-corrected chi connectivity index (χ3v) is 4.19. The Bertz CT molecular complexity index is 336. The molecule has 0 aliphatic carbocycles. The Morgan fingerprint density at radius 3 is 3.07 bits per heavy atom. The standard InChI is InChI=1S/C12H19NOS/c1-4-12(3)7-10(5-6-14-12)11-8-15-9(2)13-11/h8,10H,4-7H2,1-3H3/t10-,12-/m0/s1. The van der Waals surface area contributed by atoms with Gasteiger partial charge in [0, 0.05) is 17.9 Å². The van der Waals surface area contributed by atoms with Gasteiger partial charge in [-0.25, -0.2) is 4.98 Å². The topological polar surface area (TPSA) is 22.1 Å². The molecule has 0 aromatic carbocycles. The monoisotopic (exact) mass is 225 g/mol. The fourth-order valence-corrected chi connectivity index (χ4v) is 2.89. The van der Waals surface area contributed by atoms with E-state index < -0.39 is 0 Å². The molecule has 15 heavy (non-hydrogen) atoms. The van der Waals surface area contributed by atoms with Crippen molar-refractivity contribution in [2.75, 3.05) is 6.61 Å². The van der Waals surface area contributed by atoms with Crippen molar-refractivity contribution >= 4 is 11.3 Å². The van der Waals surface area contributed by atoms with E-state index in [0.717, 1.165) is 25.9 Å². The molecule has 3 heteroatoms. The van der Waals surface area contributed by atoms with Crippen molar-refractivity contribution in [1.29, 1.82) is 0 Å². The lowest BCUT2D eigenvalue weighted by molar-refractivity contribution is -0.0750. The number of aryl methyl sites for hydroxylation is 1. The predicted molar refractivity (Wildman–Crippen MR) is 63.5 cm³/mol. The molecule has 1 aliphatic heterocycles. The van der Waals surface area contributed by atoms with Gasteiger partial charge in [-0.15, -0.1) is 11.3 Å². The van der Waals surface area contributed by atoms with Crippen molar-refractivity contribution in [3.63, 3.8) is 0 Å². The molecule has 0 N–H and O–H groups in total. The molecule has 0 amide bonds. The van der Waals surface area contributed by atoms with Crippen molar-refractivity contribution in [3.05, 3.63) is 16.1 Å². The zero-order valence-corrected chi connectivity index (χ0v) is 10.6. The molecular weight excluding hydrogens is 206 g/mol. The van der Waals surface area contributed by atoms with Crippen LogP contribution in [0.1, 0.15) is 49.7 Å². The lowest BCUT2D eigenvalue weighted by Gasteiger charge is -2.37. The van der Waals surface area contributed by atoms with Crippen LogP contribution in [0.15, 0.2) is 5.38 Å². The smallest absolute Gasteiger partial charge is 0.0897 e. The minimum absolute atomic E-state index is 0.0699. The first-order chi connectivity index (χ1) is 7.13. The lowest BCUT2D eigenvalue weighted by Crippen LogP contribution is -2.35. The Labute approximate surface area is 95.7 Å².